The van der Waals surface area contributed by atoms with E-state index in [1.807, 2.05) is 32.0 Å². The molecule has 0 radical (unpaired) electrons. The second-order valence-corrected chi connectivity index (χ2v) is 5.14. The van der Waals surface area contributed by atoms with E-state index in [2.05, 4.69) is 0 Å². The van der Waals surface area contributed by atoms with Crippen molar-refractivity contribution in [3.8, 4) is 5.75 Å². The van der Waals surface area contributed by atoms with Gasteiger partial charge in [-0.2, -0.15) is 8.42 Å². The largest absolute Gasteiger partial charge is 0.457 e. The Labute approximate surface area is 108 Å². The van der Waals surface area contributed by atoms with Crippen LogP contribution in [0.1, 0.15) is 17.5 Å². The molecular weight excluding hydrogens is 248 g/mol. The molecule has 2 rings (SSSR count). The highest BCUT2D eigenvalue weighted by molar-refractivity contribution is 7.73. The average molecular weight is 262 g/mol. The number of ether oxygens (including phenoxy) is 1. The van der Waals surface area contributed by atoms with Crippen molar-refractivity contribution in [2.24, 2.45) is 0 Å². The lowest BCUT2D eigenvalue weighted by Crippen LogP contribution is -2.03. The van der Waals surface area contributed by atoms with Gasteiger partial charge in [0.2, 0.25) is 10.3 Å². The molecule has 1 aromatic carbocycles. The van der Waals surface area contributed by atoms with Crippen molar-refractivity contribution in [3.63, 3.8) is 0 Å². The molecule has 0 fully saturated rings. The number of rotatable bonds is 2. The molecule has 94 valence electrons. The number of benzene rings is 1. The Morgan fingerprint density at radius 2 is 1.94 bits per heavy atom. The molecule has 0 bridgehead atoms. The van der Waals surface area contributed by atoms with Gasteiger partial charge in [-0.05, 0) is 49.3 Å². The quantitative estimate of drug-likeness (QED) is 0.769. The Morgan fingerprint density at radius 3 is 2.56 bits per heavy atom. The van der Waals surface area contributed by atoms with Gasteiger partial charge in [0.15, 0.2) is 0 Å². The fourth-order valence-corrected chi connectivity index (χ4v) is 2.07. The van der Waals surface area contributed by atoms with E-state index in [0.29, 0.717) is 17.0 Å². The van der Waals surface area contributed by atoms with Crippen molar-refractivity contribution in [3.05, 3.63) is 53.3 Å². The molecule has 1 aliphatic rings. The van der Waals surface area contributed by atoms with E-state index in [4.69, 9.17) is 4.74 Å². The van der Waals surface area contributed by atoms with Crippen LogP contribution in [0, 0.1) is 13.8 Å². The van der Waals surface area contributed by atoms with Crippen LogP contribution in [0.3, 0.4) is 0 Å². The third-order valence-electron chi connectivity index (χ3n) is 2.93. The van der Waals surface area contributed by atoms with E-state index in [1.165, 1.54) is 5.56 Å². The molecule has 0 aliphatic heterocycles. The number of allylic oxidation sites excluding steroid dienone is 3. The highest BCUT2D eigenvalue weighted by Crippen LogP contribution is 2.23. The molecule has 0 saturated heterocycles. The molecule has 1 aromatic rings. The Kier molecular flexibility index (Phi) is 3.67. The van der Waals surface area contributed by atoms with Crippen molar-refractivity contribution in [1.82, 2.24) is 0 Å². The van der Waals surface area contributed by atoms with Gasteiger partial charge in [0.25, 0.3) is 0 Å². The normalized spacial score (nSPS) is 14.3. The third-order valence-corrected chi connectivity index (χ3v) is 3.67. The summed E-state index contributed by atoms with van der Waals surface area (Å²) >= 11 is 0. The van der Waals surface area contributed by atoms with Crippen molar-refractivity contribution >= 4 is 15.2 Å². The van der Waals surface area contributed by atoms with Crippen molar-refractivity contribution in [2.75, 3.05) is 0 Å². The first-order valence-electron chi connectivity index (χ1n) is 5.65. The van der Waals surface area contributed by atoms with Gasteiger partial charge in [0.1, 0.15) is 11.5 Å². The number of hydrogen-bond donors (Lipinski definition) is 0. The second-order valence-electron chi connectivity index (χ2n) is 4.15. The topological polar surface area (TPSA) is 43.4 Å². The summed E-state index contributed by atoms with van der Waals surface area (Å²) in [5, 5.41) is 0. The predicted octanol–water partition coefficient (Wildman–Crippen LogP) is 2.58. The molecule has 0 aromatic heterocycles. The van der Waals surface area contributed by atoms with Crippen LogP contribution < -0.4 is 4.74 Å². The van der Waals surface area contributed by atoms with Crippen LogP contribution in [-0.4, -0.2) is 13.3 Å². The van der Waals surface area contributed by atoms with Crippen LogP contribution in [0.5, 0.6) is 5.75 Å². The maximum absolute atomic E-state index is 10.8. The minimum atomic E-state index is -2.14. The molecular formula is C14H14O3S. The number of hydrogen-bond acceptors (Lipinski definition) is 3. The lowest BCUT2D eigenvalue weighted by molar-refractivity contribution is 0.438. The summed E-state index contributed by atoms with van der Waals surface area (Å²) in [5.74, 6) is 1.48. The first-order chi connectivity index (χ1) is 8.58. The highest BCUT2D eigenvalue weighted by atomic mass is 32.2. The Bertz CT molecular complexity index is 656. The van der Waals surface area contributed by atoms with Crippen molar-refractivity contribution < 1.29 is 13.2 Å². The van der Waals surface area contributed by atoms with Crippen molar-refractivity contribution in [1.29, 1.82) is 0 Å². The first kappa shape index (κ1) is 12.6. The Morgan fingerprint density at radius 1 is 1.17 bits per heavy atom. The van der Waals surface area contributed by atoms with E-state index < -0.39 is 10.3 Å². The summed E-state index contributed by atoms with van der Waals surface area (Å²) in [6.07, 6.45) is 5.40. The molecule has 0 N–H and O–H groups in total. The Balaban J connectivity index is 2.20. The summed E-state index contributed by atoms with van der Waals surface area (Å²) < 4.78 is 27.3. The molecule has 18 heavy (non-hydrogen) atoms. The summed E-state index contributed by atoms with van der Waals surface area (Å²) in [7, 11) is -2.14. The van der Waals surface area contributed by atoms with Crippen LogP contribution in [0.25, 0.3) is 0 Å². The minimum Gasteiger partial charge on any atom is -0.457 e. The molecule has 4 heteroatoms. The zero-order valence-electron chi connectivity index (χ0n) is 10.3. The van der Waals surface area contributed by atoms with Gasteiger partial charge in [-0.1, -0.05) is 12.1 Å². The smallest absolute Gasteiger partial charge is 0.217 e. The van der Waals surface area contributed by atoms with Crippen LogP contribution in [0.4, 0.5) is 0 Å². The molecule has 0 heterocycles. The summed E-state index contributed by atoms with van der Waals surface area (Å²) in [6.45, 7) is 4.03. The lowest BCUT2D eigenvalue weighted by Gasteiger charge is -2.13. The van der Waals surface area contributed by atoms with E-state index in [9.17, 15) is 8.42 Å². The SMILES string of the molecule is Cc1cccc(OC2=CCC(=S(=O)=O)C=C2)c1C. The van der Waals surface area contributed by atoms with Gasteiger partial charge < -0.3 is 4.74 Å². The van der Waals surface area contributed by atoms with Gasteiger partial charge in [-0.15, -0.1) is 0 Å². The van der Waals surface area contributed by atoms with E-state index in [1.54, 1.807) is 18.2 Å². The third kappa shape index (κ3) is 2.71. The average Bonchev–Trinajstić information content (AvgIpc) is 2.36. The zero-order chi connectivity index (χ0) is 13.1. The summed E-state index contributed by atoms with van der Waals surface area (Å²) in [6, 6.07) is 5.87. The summed E-state index contributed by atoms with van der Waals surface area (Å²) in [5.41, 5.74) is 2.26. The maximum atomic E-state index is 10.8. The molecule has 0 unspecified atom stereocenters. The lowest BCUT2D eigenvalue weighted by atomic mass is 10.1. The van der Waals surface area contributed by atoms with Crippen LogP contribution in [-0.2, 0) is 10.3 Å². The minimum absolute atomic E-state index is 0.378. The second kappa shape index (κ2) is 5.23. The van der Waals surface area contributed by atoms with Crippen LogP contribution in [0.2, 0.25) is 0 Å². The highest BCUT2D eigenvalue weighted by Gasteiger charge is 2.08. The monoisotopic (exact) mass is 262 g/mol. The van der Waals surface area contributed by atoms with Gasteiger partial charge in [-0.3, -0.25) is 0 Å². The van der Waals surface area contributed by atoms with Crippen LogP contribution in [0.15, 0.2) is 42.2 Å². The molecule has 0 saturated carbocycles. The fourth-order valence-electron chi connectivity index (χ4n) is 1.67. The van der Waals surface area contributed by atoms with E-state index in [0.717, 1.165) is 11.3 Å². The predicted molar refractivity (Wildman–Crippen MR) is 72.3 cm³/mol. The maximum Gasteiger partial charge on any atom is 0.217 e. The molecule has 0 atom stereocenters. The number of aryl methyl sites for hydroxylation is 1. The molecule has 1 aliphatic carbocycles. The van der Waals surface area contributed by atoms with Gasteiger partial charge in [0, 0.05) is 6.42 Å². The van der Waals surface area contributed by atoms with Gasteiger partial charge >= 0.3 is 0 Å². The van der Waals surface area contributed by atoms with Crippen molar-refractivity contribution in [2.45, 2.75) is 20.3 Å². The standard InChI is InChI=1S/C14H14O3S/c1-10-4-3-5-14(11(10)2)17-12-6-8-13(9-7-12)18(15)16/h3-8H,9H2,1-2H3. The molecule has 0 spiro atoms. The van der Waals surface area contributed by atoms with Gasteiger partial charge in [0.05, 0.1) is 4.86 Å². The fraction of sp³-hybridized carbons (Fsp3) is 0.214. The van der Waals surface area contributed by atoms with Gasteiger partial charge in [-0.25, -0.2) is 0 Å². The molecule has 3 nitrogen and oxygen atoms in total. The summed E-state index contributed by atoms with van der Waals surface area (Å²) in [4.78, 5) is 0.378. The first-order valence-corrected chi connectivity index (χ1v) is 6.73. The Hall–Kier alpha value is -1.81. The molecule has 0 amide bonds. The van der Waals surface area contributed by atoms with Crippen LogP contribution >= 0.6 is 0 Å². The zero-order valence-corrected chi connectivity index (χ0v) is 11.1. The van der Waals surface area contributed by atoms with E-state index in [-0.39, 0.29) is 0 Å². The van der Waals surface area contributed by atoms with E-state index >= 15 is 0 Å².